The molecule has 0 aliphatic rings. The van der Waals surface area contributed by atoms with E-state index in [2.05, 4.69) is 21.6 Å². The summed E-state index contributed by atoms with van der Waals surface area (Å²) >= 11 is 0. The van der Waals surface area contributed by atoms with Gasteiger partial charge in [-0.05, 0) is 25.7 Å². The van der Waals surface area contributed by atoms with Crippen LogP contribution in [0.2, 0.25) is 0 Å². The molecule has 0 unspecified atom stereocenters. The molecule has 0 bridgehead atoms. The number of carbonyl (C=O) groups is 2. The summed E-state index contributed by atoms with van der Waals surface area (Å²) in [6.45, 7) is 5.00. The van der Waals surface area contributed by atoms with Crippen molar-refractivity contribution in [1.82, 2.24) is 5.32 Å². The predicted octanol–water partition coefficient (Wildman–Crippen LogP) is 0.932. The van der Waals surface area contributed by atoms with E-state index in [4.69, 9.17) is 9.47 Å². The Morgan fingerprint density at radius 1 is 0.929 bits per heavy atom. The van der Waals surface area contributed by atoms with Crippen LogP contribution in [0.5, 0.6) is 0 Å². The number of unbranched alkanes of at least 4 members (excludes halogenated alkanes) is 2. The average Bonchev–Trinajstić information content (AvgIpc) is 2.59. The Morgan fingerprint density at radius 2 is 1.39 bits per heavy atom. The SMILES string of the molecule is C=C(C[C@H](NC(C)=O)C(=O)OCCCCO[N+](=O)[O-])OCCCCO[N+](=O)[O-]. The molecule has 0 aromatic carbocycles. The lowest BCUT2D eigenvalue weighted by Crippen LogP contribution is -2.41. The summed E-state index contributed by atoms with van der Waals surface area (Å²) in [7, 11) is 0. The van der Waals surface area contributed by atoms with Gasteiger partial charge in [0, 0.05) is 13.3 Å². The zero-order valence-corrected chi connectivity index (χ0v) is 15.6. The van der Waals surface area contributed by atoms with Crippen molar-refractivity contribution in [3.05, 3.63) is 32.6 Å². The molecule has 1 N–H and O–H groups in total. The van der Waals surface area contributed by atoms with Gasteiger partial charge < -0.3 is 24.5 Å². The maximum absolute atomic E-state index is 12.1. The van der Waals surface area contributed by atoms with E-state index in [1.807, 2.05) is 0 Å². The molecule has 0 saturated heterocycles. The molecule has 1 amide bonds. The molecule has 0 aliphatic carbocycles. The molecule has 0 saturated carbocycles. The zero-order chi connectivity index (χ0) is 21.4. The highest BCUT2D eigenvalue weighted by atomic mass is 17.0. The van der Waals surface area contributed by atoms with Crippen molar-refractivity contribution in [3.8, 4) is 0 Å². The minimum Gasteiger partial charge on any atom is -0.498 e. The molecule has 0 aromatic rings. The topological polar surface area (TPSA) is 169 Å². The van der Waals surface area contributed by atoms with Gasteiger partial charge in [-0.15, -0.1) is 20.2 Å². The maximum Gasteiger partial charge on any atom is 0.329 e. The number of ether oxygens (including phenoxy) is 2. The van der Waals surface area contributed by atoms with Gasteiger partial charge in [-0.1, -0.05) is 6.58 Å². The van der Waals surface area contributed by atoms with E-state index in [0.717, 1.165) is 0 Å². The monoisotopic (exact) mass is 407 g/mol. The Bertz CT molecular complexity index is 540. The third kappa shape index (κ3) is 15.2. The fourth-order valence-corrected chi connectivity index (χ4v) is 1.90. The van der Waals surface area contributed by atoms with Crippen molar-refractivity contribution in [3.63, 3.8) is 0 Å². The smallest absolute Gasteiger partial charge is 0.329 e. The molecule has 28 heavy (non-hydrogen) atoms. The van der Waals surface area contributed by atoms with Crippen molar-refractivity contribution in [2.45, 2.75) is 45.1 Å². The maximum atomic E-state index is 12.1. The van der Waals surface area contributed by atoms with Gasteiger partial charge in [-0.25, -0.2) is 4.79 Å². The van der Waals surface area contributed by atoms with Crippen molar-refractivity contribution in [1.29, 1.82) is 0 Å². The minimum atomic E-state index is -0.988. The Labute approximate surface area is 161 Å². The molecule has 0 radical (unpaired) electrons. The van der Waals surface area contributed by atoms with Gasteiger partial charge in [0.15, 0.2) is 0 Å². The number of esters is 1. The van der Waals surface area contributed by atoms with E-state index in [1.165, 1.54) is 6.92 Å². The third-order valence-corrected chi connectivity index (χ3v) is 3.12. The van der Waals surface area contributed by atoms with E-state index in [9.17, 15) is 29.8 Å². The first-order valence-corrected chi connectivity index (χ1v) is 8.51. The zero-order valence-electron chi connectivity index (χ0n) is 15.6. The van der Waals surface area contributed by atoms with Crippen LogP contribution in [0, 0.1) is 20.2 Å². The molecule has 0 aliphatic heterocycles. The number of hydrogen-bond donors (Lipinski definition) is 1. The van der Waals surface area contributed by atoms with Crippen molar-refractivity contribution in [2.75, 3.05) is 26.4 Å². The number of carbonyl (C=O) groups excluding carboxylic acids is 2. The van der Waals surface area contributed by atoms with E-state index in [-0.39, 0.29) is 38.6 Å². The molecule has 0 fully saturated rings. The van der Waals surface area contributed by atoms with Gasteiger partial charge in [0.05, 0.1) is 32.2 Å². The van der Waals surface area contributed by atoms with Crippen molar-refractivity contribution >= 4 is 11.9 Å². The average molecular weight is 407 g/mol. The van der Waals surface area contributed by atoms with E-state index in [1.54, 1.807) is 0 Å². The summed E-state index contributed by atoms with van der Waals surface area (Å²) in [5.41, 5.74) is 0. The normalized spacial score (nSPS) is 11.0. The summed E-state index contributed by atoms with van der Waals surface area (Å²) in [6, 6.07) is -0.988. The fraction of sp³-hybridized carbons (Fsp3) is 0.733. The highest BCUT2D eigenvalue weighted by Gasteiger charge is 2.22. The lowest BCUT2D eigenvalue weighted by Gasteiger charge is -2.18. The first kappa shape index (κ1) is 24.9. The highest BCUT2D eigenvalue weighted by molar-refractivity contribution is 5.83. The molecule has 13 heteroatoms. The first-order chi connectivity index (χ1) is 13.2. The van der Waals surface area contributed by atoms with Crippen LogP contribution in [0.3, 0.4) is 0 Å². The number of nitrogens with one attached hydrogen (secondary N) is 1. The number of rotatable bonds is 17. The number of hydrogen-bond acceptors (Lipinski definition) is 10. The van der Waals surface area contributed by atoms with Crippen LogP contribution < -0.4 is 5.32 Å². The van der Waals surface area contributed by atoms with E-state index in [0.29, 0.717) is 25.7 Å². The third-order valence-electron chi connectivity index (χ3n) is 3.12. The molecule has 1 atom stereocenters. The van der Waals surface area contributed by atoms with Crippen LogP contribution in [-0.2, 0) is 28.7 Å². The summed E-state index contributed by atoms with van der Waals surface area (Å²) < 4.78 is 10.4. The second-order valence-electron chi connectivity index (χ2n) is 5.54. The van der Waals surface area contributed by atoms with Gasteiger partial charge in [0.2, 0.25) is 5.91 Å². The second-order valence-corrected chi connectivity index (χ2v) is 5.54. The van der Waals surface area contributed by atoms with Crippen LogP contribution in [-0.4, -0.2) is 54.5 Å². The van der Waals surface area contributed by atoms with Crippen LogP contribution in [0.15, 0.2) is 12.3 Å². The fourth-order valence-electron chi connectivity index (χ4n) is 1.90. The molecular formula is C15H25N3O10. The minimum absolute atomic E-state index is 0.00571. The lowest BCUT2D eigenvalue weighted by molar-refractivity contribution is -0.757. The summed E-state index contributed by atoms with van der Waals surface area (Å²) in [5, 5.41) is 20.6. The molecule has 160 valence electrons. The largest absolute Gasteiger partial charge is 0.498 e. The highest BCUT2D eigenvalue weighted by Crippen LogP contribution is 2.09. The van der Waals surface area contributed by atoms with Gasteiger partial charge >= 0.3 is 5.97 Å². The van der Waals surface area contributed by atoms with Crippen molar-refractivity contribution < 1.29 is 38.9 Å². The summed E-state index contributed by atoms with van der Waals surface area (Å²) in [5.74, 6) is -0.883. The van der Waals surface area contributed by atoms with E-state index < -0.39 is 28.1 Å². The Morgan fingerprint density at radius 3 is 1.86 bits per heavy atom. The molecule has 0 aromatic heterocycles. The van der Waals surface area contributed by atoms with Crippen molar-refractivity contribution in [2.24, 2.45) is 0 Å². The Balaban J connectivity index is 4.14. The van der Waals surface area contributed by atoms with Gasteiger partial charge in [-0.3, -0.25) is 4.79 Å². The Hall–Kier alpha value is -3.12. The first-order valence-electron chi connectivity index (χ1n) is 8.51. The van der Waals surface area contributed by atoms with E-state index >= 15 is 0 Å². The number of amides is 1. The molecular weight excluding hydrogens is 382 g/mol. The number of nitrogens with zero attached hydrogens (tertiary/aromatic N) is 2. The predicted molar refractivity (Wildman–Crippen MR) is 92.6 cm³/mol. The lowest BCUT2D eigenvalue weighted by atomic mass is 10.2. The summed E-state index contributed by atoms with van der Waals surface area (Å²) in [4.78, 5) is 51.6. The van der Waals surface area contributed by atoms with Crippen LogP contribution in [0.25, 0.3) is 0 Å². The molecule has 0 heterocycles. The Kier molecular flexibility index (Phi) is 13.3. The standard InChI is InChI=1S/C15H25N3O10/c1-12(25-7-3-5-9-27-17(21)22)11-14(16-13(2)19)15(20)26-8-4-6-10-28-18(23)24/h14H,1,3-11H2,2H3,(H,16,19)/t14-/m0/s1. The van der Waals surface area contributed by atoms with Gasteiger partial charge in [0.25, 0.3) is 10.2 Å². The molecule has 13 nitrogen and oxygen atoms in total. The van der Waals surface area contributed by atoms with Crippen LogP contribution in [0.1, 0.15) is 39.0 Å². The summed E-state index contributed by atoms with van der Waals surface area (Å²) in [6.07, 6.45) is 1.57. The van der Waals surface area contributed by atoms with Gasteiger partial charge in [0.1, 0.15) is 6.04 Å². The second kappa shape index (κ2) is 15.0. The van der Waals surface area contributed by atoms with Crippen LogP contribution in [0.4, 0.5) is 0 Å². The quantitative estimate of drug-likeness (QED) is 0.120. The van der Waals surface area contributed by atoms with Gasteiger partial charge in [-0.2, -0.15) is 0 Å². The van der Waals surface area contributed by atoms with Crippen LogP contribution >= 0.6 is 0 Å². The molecule has 0 rings (SSSR count). The molecule has 0 spiro atoms.